The number of Topliss-reactive ketones (excluding diaryl/α,β-unsaturated/α-hetero) is 1. The lowest BCUT2D eigenvalue weighted by atomic mass is 9.80. The molecule has 4 nitrogen and oxygen atoms in total. The summed E-state index contributed by atoms with van der Waals surface area (Å²) in [5, 5.41) is 14.9. The van der Waals surface area contributed by atoms with Crippen molar-refractivity contribution >= 4 is 5.78 Å². The van der Waals surface area contributed by atoms with Crippen molar-refractivity contribution in [2.24, 2.45) is 0 Å². The van der Waals surface area contributed by atoms with Gasteiger partial charge < -0.3 is 5.11 Å². The lowest BCUT2D eigenvalue weighted by Crippen LogP contribution is -2.41. The fourth-order valence-electron chi connectivity index (χ4n) is 3.08. The first-order valence-electron chi connectivity index (χ1n) is 7.88. The van der Waals surface area contributed by atoms with Crippen molar-refractivity contribution in [3.05, 3.63) is 18.0 Å². The summed E-state index contributed by atoms with van der Waals surface area (Å²) in [6, 6.07) is 2.30. The van der Waals surface area contributed by atoms with Crippen LogP contribution in [0.1, 0.15) is 70.5 Å². The Hall–Kier alpha value is -1.16. The molecule has 0 aromatic carbocycles. The van der Waals surface area contributed by atoms with Crippen LogP contribution in [0.4, 0.5) is 0 Å². The number of ketones is 1. The summed E-state index contributed by atoms with van der Waals surface area (Å²) in [5.74, 6) is -0.0630. The van der Waals surface area contributed by atoms with Crippen molar-refractivity contribution in [2.45, 2.75) is 76.9 Å². The Balaban J connectivity index is 2.01. The lowest BCUT2D eigenvalue weighted by Gasteiger charge is -2.30. The minimum Gasteiger partial charge on any atom is -0.382 e. The molecule has 0 radical (unpaired) electrons. The first-order chi connectivity index (χ1) is 9.59. The highest BCUT2D eigenvalue weighted by Crippen LogP contribution is 2.29. The summed E-state index contributed by atoms with van der Waals surface area (Å²) in [5.41, 5.74) is -0.322. The summed E-state index contributed by atoms with van der Waals surface area (Å²) in [6.45, 7) is 4.29. The number of hydrogen-bond acceptors (Lipinski definition) is 3. The van der Waals surface area contributed by atoms with E-state index in [1.807, 2.05) is 16.9 Å². The van der Waals surface area contributed by atoms with Crippen LogP contribution in [0.25, 0.3) is 0 Å². The van der Waals surface area contributed by atoms with Gasteiger partial charge in [-0.2, -0.15) is 5.10 Å². The van der Waals surface area contributed by atoms with Crippen molar-refractivity contribution in [3.63, 3.8) is 0 Å². The van der Waals surface area contributed by atoms with Gasteiger partial charge in [0.25, 0.3) is 0 Å². The molecule has 0 atom stereocenters. The Labute approximate surface area is 121 Å². The van der Waals surface area contributed by atoms with E-state index in [2.05, 4.69) is 18.9 Å². The van der Waals surface area contributed by atoms with Gasteiger partial charge in [0.15, 0.2) is 5.78 Å². The highest BCUT2D eigenvalue weighted by atomic mass is 16.3. The summed E-state index contributed by atoms with van der Waals surface area (Å²) >= 11 is 0. The molecule has 4 heteroatoms. The second kappa shape index (κ2) is 6.53. The van der Waals surface area contributed by atoms with E-state index in [0.717, 1.165) is 37.8 Å². The van der Waals surface area contributed by atoms with Gasteiger partial charge in [-0.1, -0.05) is 33.1 Å². The molecule has 1 aliphatic carbocycles. The predicted molar refractivity (Wildman–Crippen MR) is 78.6 cm³/mol. The normalized spacial score (nSPS) is 18.4. The zero-order chi connectivity index (χ0) is 14.6. The maximum absolute atomic E-state index is 12.3. The number of nitrogens with zero attached hydrogens (tertiary/aromatic N) is 2. The quantitative estimate of drug-likeness (QED) is 0.870. The maximum Gasteiger partial charge on any atom is 0.170 e. The molecule has 20 heavy (non-hydrogen) atoms. The van der Waals surface area contributed by atoms with Crippen LogP contribution >= 0.6 is 0 Å². The van der Waals surface area contributed by atoms with Gasteiger partial charge in [-0.3, -0.25) is 9.48 Å². The predicted octanol–water partition coefficient (Wildman–Crippen LogP) is 3.05. The first kappa shape index (κ1) is 15.2. The SMILES string of the molecule is CCC(CC)n1ccc(CC(=O)C2(O)CCCCC2)n1. The van der Waals surface area contributed by atoms with E-state index in [-0.39, 0.29) is 12.2 Å². The average molecular weight is 278 g/mol. The molecular weight excluding hydrogens is 252 g/mol. The molecule has 0 unspecified atom stereocenters. The molecule has 1 aliphatic rings. The van der Waals surface area contributed by atoms with E-state index in [4.69, 9.17) is 0 Å². The third-order valence-corrected chi connectivity index (χ3v) is 4.52. The van der Waals surface area contributed by atoms with Gasteiger partial charge in [0.1, 0.15) is 5.60 Å². The molecule has 1 fully saturated rings. The Kier molecular flexibility index (Phi) is 4.97. The van der Waals surface area contributed by atoms with Crippen molar-refractivity contribution in [3.8, 4) is 0 Å². The fraction of sp³-hybridized carbons (Fsp3) is 0.750. The topological polar surface area (TPSA) is 55.1 Å². The summed E-state index contributed by atoms with van der Waals surface area (Å²) in [4.78, 5) is 12.3. The van der Waals surface area contributed by atoms with Crippen LogP contribution in [-0.4, -0.2) is 26.3 Å². The number of carbonyl (C=O) groups is 1. The van der Waals surface area contributed by atoms with E-state index in [0.29, 0.717) is 18.9 Å². The van der Waals surface area contributed by atoms with Gasteiger partial charge in [-0.15, -0.1) is 0 Å². The van der Waals surface area contributed by atoms with Crippen molar-refractivity contribution in [1.82, 2.24) is 9.78 Å². The molecule has 0 aliphatic heterocycles. The van der Waals surface area contributed by atoms with Crippen molar-refractivity contribution < 1.29 is 9.90 Å². The van der Waals surface area contributed by atoms with Crippen LogP contribution in [0.5, 0.6) is 0 Å². The number of rotatable bonds is 6. The van der Waals surface area contributed by atoms with E-state index in [1.165, 1.54) is 0 Å². The number of aromatic nitrogens is 2. The Morgan fingerprint density at radius 1 is 1.35 bits per heavy atom. The second-order valence-electron chi connectivity index (χ2n) is 5.95. The van der Waals surface area contributed by atoms with E-state index < -0.39 is 5.60 Å². The van der Waals surface area contributed by atoms with E-state index >= 15 is 0 Å². The molecule has 0 bridgehead atoms. The highest BCUT2D eigenvalue weighted by molar-refractivity contribution is 5.88. The lowest BCUT2D eigenvalue weighted by molar-refractivity contribution is -0.139. The molecule has 2 rings (SSSR count). The summed E-state index contributed by atoms with van der Waals surface area (Å²) in [6.07, 6.45) is 8.52. The Morgan fingerprint density at radius 2 is 2.00 bits per heavy atom. The highest BCUT2D eigenvalue weighted by Gasteiger charge is 2.36. The number of carbonyl (C=O) groups excluding carboxylic acids is 1. The van der Waals surface area contributed by atoms with Gasteiger partial charge in [-0.05, 0) is 31.7 Å². The molecule has 1 saturated carbocycles. The van der Waals surface area contributed by atoms with Crippen molar-refractivity contribution in [2.75, 3.05) is 0 Å². The van der Waals surface area contributed by atoms with Crippen LogP contribution in [-0.2, 0) is 11.2 Å². The van der Waals surface area contributed by atoms with Gasteiger partial charge in [0, 0.05) is 6.20 Å². The average Bonchev–Trinajstić information content (AvgIpc) is 2.89. The molecule has 0 saturated heterocycles. The summed E-state index contributed by atoms with van der Waals surface area (Å²) in [7, 11) is 0. The molecule has 1 aromatic rings. The van der Waals surface area contributed by atoms with Crippen molar-refractivity contribution in [1.29, 1.82) is 0 Å². The molecule has 0 spiro atoms. The Morgan fingerprint density at radius 3 is 2.60 bits per heavy atom. The fourth-order valence-corrected chi connectivity index (χ4v) is 3.08. The van der Waals surface area contributed by atoms with Gasteiger partial charge in [0.05, 0.1) is 18.2 Å². The number of aliphatic hydroxyl groups is 1. The molecule has 0 amide bonds. The third-order valence-electron chi connectivity index (χ3n) is 4.52. The van der Waals surface area contributed by atoms with Crippen LogP contribution in [0, 0.1) is 0 Å². The zero-order valence-corrected chi connectivity index (χ0v) is 12.6. The van der Waals surface area contributed by atoms with Crippen LogP contribution in [0.15, 0.2) is 12.3 Å². The maximum atomic E-state index is 12.3. The van der Waals surface area contributed by atoms with Crippen LogP contribution < -0.4 is 0 Å². The molecule has 1 aromatic heterocycles. The monoisotopic (exact) mass is 278 g/mol. The molecule has 1 N–H and O–H groups in total. The minimum atomic E-state index is -1.10. The number of hydrogen-bond donors (Lipinski definition) is 1. The first-order valence-corrected chi connectivity index (χ1v) is 7.88. The Bertz CT molecular complexity index is 443. The minimum absolute atomic E-state index is 0.0630. The van der Waals surface area contributed by atoms with Crippen LogP contribution in [0.3, 0.4) is 0 Å². The standard InChI is InChI=1S/C16H26N2O2/c1-3-14(4-2)18-11-8-13(17-18)12-15(19)16(20)9-6-5-7-10-16/h8,11,14,20H,3-7,9-10,12H2,1-2H3. The molecule has 112 valence electrons. The van der Waals surface area contributed by atoms with Gasteiger partial charge >= 0.3 is 0 Å². The van der Waals surface area contributed by atoms with E-state index in [9.17, 15) is 9.90 Å². The third kappa shape index (κ3) is 3.29. The zero-order valence-electron chi connectivity index (χ0n) is 12.6. The smallest absolute Gasteiger partial charge is 0.170 e. The largest absolute Gasteiger partial charge is 0.382 e. The van der Waals surface area contributed by atoms with E-state index in [1.54, 1.807) is 0 Å². The van der Waals surface area contributed by atoms with Gasteiger partial charge in [-0.25, -0.2) is 0 Å². The van der Waals surface area contributed by atoms with Gasteiger partial charge in [0.2, 0.25) is 0 Å². The van der Waals surface area contributed by atoms with Crippen LogP contribution in [0.2, 0.25) is 0 Å². The molecule has 1 heterocycles. The molecular formula is C16H26N2O2. The second-order valence-corrected chi connectivity index (χ2v) is 5.95. The summed E-state index contributed by atoms with van der Waals surface area (Å²) < 4.78 is 1.95.